The molecule has 0 saturated heterocycles. The van der Waals surface area contributed by atoms with Crippen LogP contribution in [-0.2, 0) is 0 Å². The Kier molecular flexibility index (Phi) is 3.42. The van der Waals surface area contributed by atoms with Crippen LogP contribution in [0.25, 0.3) is 5.65 Å². The topological polar surface area (TPSA) is 97.3 Å². The number of aromatic nitrogens is 5. The van der Waals surface area contributed by atoms with Crippen molar-refractivity contribution in [1.82, 2.24) is 24.6 Å². The van der Waals surface area contributed by atoms with Crippen LogP contribution >= 0.6 is 23.1 Å². The number of nitrogens with one attached hydrogen (secondary N) is 1. The third-order valence-corrected chi connectivity index (χ3v) is 4.56. The molecule has 10 heteroatoms. The number of nitrogens with zero attached hydrogens (tertiary/aromatic N) is 6. The van der Waals surface area contributed by atoms with Crippen LogP contribution in [0, 0.1) is 0 Å². The predicted octanol–water partition coefficient (Wildman–Crippen LogP) is 1.08. The van der Waals surface area contributed by atoms with Gasteiger partial charge in [-0.3, -0.25) is 0 Å². The van der Waals surface area contributed by atoms with Gasteiger partial charge in [-0.2, -0.15) is 0 Å². The van der Waals surface area contributed by atoms with E-state index >= 15 is 0 Å². The minimum atomic E-state index is 0.565. The highest BCUT2D eigenvalue weighted by molar-refractivity contribution is 8.01. The van der Waals surface area contributed by atoms with Crippen LogP contribution in [0.4, 0.5) is 10.9 Å². The molecule has 0 amide bonds. The third kappa shape index (κ3) is 2.40. The zero-order valence-corrected chi connectivity index (χ0v) is 12.4. The van der Waals surface area contributed by atoms with Crippen LogP contribution in [0.5, 0.6) is 0 Å². The smallest absolute Gasteiger partial charge is 0.208 e. The molecule has 3 rings (SSSR count). The van der Waals surface area contributed by atoms with Gasteiger partial charge < -0.3 is 14.7 Å². The second-order valence-electron chi connectivity index (χ2n) is 4.08. The summed E-state index contributed by atoms with van der Waals surface area (Å²) in [5.74, 6) is 5.99. The molecule has 3 aromatic heterocycles. The van der Waals surface area contributed by atoms with Crippen LogP contribution in [0.2, 0.25) is 0 Å². The van der Waals surface area contributed by atoms with E-state index in [1.807, 2.05) is 29.6 Å². The summed E-state index contributed by atoms with van der Waals surface area (Å²) >= 11 is 2.92. The summed E-state index contributed by atoms with van der Waals surface area (Å²) < 4.78 is 2.67. The fourth-order valence-corrected chi connectivity index (χ4v) is 3.32. The second-order valence-corrected chi connectivity index (χ2v) is 6.27. The zero-order valence-electron chi connectivity index (χ0n) is 10.8. The van der Waals surface area contributed by atoms with E-state index in [2.05, 4.69) is 25.6 Å². The maximum Gasteiger partial charge on any atom is 0.208 e. The van der Waals surface area contributed by atoms with Crippen LogP contribution < -0.4 is 16.2 Å². The van der Waals surface area contributed by atoms with Crippen molar-refractivity contribution in [2.75, 3.05) is 24.4 Å². The number of imidazole rings is 1. The molecule has 3 aromatic rings. The van der Waals surface area contributed by atoms with Gasteiger partial charge in [0.05, 0.1) is 6.20 Å². The number of hydrogen-bond acceptors (Lipinski definition) is 9. The molecule has 0 saturated carbocycles. The molecule has 0 aliphatic rings. The Bertz CT molecular complexity index is 734. The number of rotatable bonds is 4. The van der Waals surface area contributed by atoms with E-state index in [0.29, 0.717) is 5.82 Å². The molecule has 3 N–H and O–H groups in total. The maximum absolute atomic E-state index is 5.43. The Balaban J connectivity index is 1.98. The Morgan fingerprint density at radius 2 is 2.25 bits per heavy atom. The van der Waals surface area contributed by atoms with E-state index in [1.54, 1.807) is 12.4 Å². The van der Waals surface area contributed by atoms with Gasteiger partial charge in [0.15, 0.2) is 15.8 Å². The van der Waals surface area contributed by atoms with Gasteiger partial charge in [0.2, 0.25) is 5.13 Å². The van der Waals surface area contributed by atoms with Crippen LogP contribution in [0.15, 0.2) is 28.0 Å². The van der Waals surface area contributed by atoms with Gasteiger partial charge in [-0.15, -0.1) is 10.2 Å². The highest BCUT2D eigenvalue weighted by atomic mass is 32.2. The Morgan fingerprint density at radius 3 is 2.95 bits per heavy atom. The van der Waals surface area contributed by atoms with E-state index in [0.717, 1.165) is 20.1 Å². The first-order chi connectivity index (χ1) is 9.67. The SMILES string of the molecule is CN(C)c1nnc(Sc2nc(NN)cn3ccnc23)s1. The van der Waals surface area contributed by atoms with Gasteiger partial charge in [-0.25, -0.2) is 15.8 Å². The minimum Gasteiger partial charge on any atom is -0.353 e. The fourth-order valence-electron chi connectivity index (χ4n) is 1.55. The van der Waals surface area contributed by atoms with Gasteiger partial charge in [0, 0.05) is 26.5 Å². The highest BCUT2D eigenvalue weighted by Gasteiger charge is 2.13. The van der Waals surface area contributed by atoms with Crippen LogP contribution in [0.1, 0.15) is 0 Å². The summed E-state index contributed by atoms with van der Waals surface area (Å²) in [7, 11) is 3.86. The van der Waals surface area contributed by atoms with Crippen molar-refractivity contribution in [2.24, 2.45) is 5.84 Å². The Morgan fingerprint density at radius 1 is 1.40 bits per heavy atom. The van der Waals surface area contributed by atoms with Crippen molar-refractivity contribution in [3.8, 4) is 0 Å². The average Bonchev–Trinajstić information content (AvgIpc) is 3.06. The molecular formula is C10H12N8S2. The summed E-state index contributed by atoms with van der Waals surface area (Å²) in [5.41, 5.74) is 3.30. The molecule has 8 nitrogen and oxygen atoms in total. The minimum absolute atomic E-state index is 0.565. The van der Waals surface area contributed by atoms with Crippen LogP contribution in [0.3, 0.4) is 0 Å². The molecule has 0 radical (unpaired) electrons. The first kappa shape index (κ1) is 13.1. The molecule has 0 atom stereocenters. The monoisotopic (exact) mass is 308 g/mol. The van der Waals surface area contributed by atoms with E-state index in [9.17, 15) is 0 Å². The van der Waals surface area contributed by atoms with Crippen molar-refractivity contribution in [1.29, 1.82) is 0 Å². The lowest BCUT2D eigenvalue weighted by molar-refractivity contribution is 0.967. The summed E-state index contributed by atoms with van der Waals surface area (Å²) in [5, 5.41) is 9.82. The van der Waals surface area contributed by atoms with Crippen molar-refractivity contribution in [3.63, 3.8) is 0 Å². The first-order valence-corrected chi connectivity index (χ1v) is 7.29. The molecule has 0 unspecified atom stereocenters. The largest absolute Gasteiger partial charge is 0.353 e. The molecule has 3 heterocycles. The quantitative estimate of drug-likeness (QED) is 0.546. The second kappa shape index (κ2) is 5.23. The first-order valence-electron chi connectivity index (χ1n) is 5.66. The molecule has 0 aliphatic carbocycles. The number of anilines is 2. The Hall–Kier alpha value is -1.91. The molecule has 0 spiro atoms. The van der Waals surface area contributed by atoms with Crippen molar-refractivity contribution < 1.29 is 0 Å². The maximum atomic E-state index is 5.43. The summed E-state index contributed by atoms with van der Waals surface area (Å²) in [6.07, 6.45) is 5.33. The summed E-state index contributed by atoms with van der Waals surface area (Å²) in [6, 6.07) is 0. The van der Waals surface area contributed by atoms with Gasteiger partial charge in [0.25, 0.3) is 0 Å². The molecule has 20 heavy (non-hydrogen) atoms. The molecule has 0 bridgehead atoms. The van der Waals surface area contributed by atoms with Gasteiger partial charge in [-0.1, -0.05) is 11.3 Å². The standard InChI is InChI=1S/C10H12N8S2/c1-17(2)9-15-16-10(20-9)19-8-7-12-3-4-18(7)5-6(13-8)14-11/h3-5,14H,11H2,1-2H3. The normalized spacial score (nSPS) is 10.9. The van der Waals surface area contributed by atoms with Gasteiger partial charge >= 0.3 is 0 Å². The summed E-state index contributed by atoms with van der Waals surface area (Å²) in [6.45, 7) is 0. The van der Waals surface area contributed by atoms with Crippen LogP contribution in [-0.4, -0.2) is 38.7 Å². The van der Waals surface area contributed by atoms with E-state index < -0.39 is 0 Å². The van der Waals surface area contributed by atoms with E-state index in [1.165, 1.54) is 23.1 Å². The zero-order chi connectivity index (χ0) is 14.1. The molecule has 0 fully saturated rings. The lowest BCUT2D eigenvalue weighted by atomic mass is 10.6. The highest BCUT2D eigenvalue weighted by Crippen LogP contribution is 2.33. The lowest BCUT2D eigenvalue weighted by Crippen LogP contribution is -2.10. The number of hydrogen-bond donors (Lipinski definition) is 2. The van der Waals surface area contributed by atoms with Crippen molar-refractivity contribution in [3.05, 3.63) is 18.6 Å². The molecule has 104 valence electrons. The number of fused-ring (bicyclic) bond motifs is 1. The molecule has 0 aromatic carbocycles. The molecule has 0 aliphatic heterocycles. The number of hydrazine groups is 1. The third-order valence-electron chi connectivity index (χ3n) is 2.45. The summed E-state index contributed by atoms with van der Waals surface area (Å²) in [4.78, 5) is 10.6. The lowest BCUT2D eigenvalue weighted by Gasteiger charge is -2.05. The van der Waals surface area contributed by atoms with Gasteiger partial charge in [0.1, 0.15) is 5.03 Å². The number of nitrogens with two attached hydrogens (primary N) is 1. The average molecular weight is 308 g/mol. The van der Waals surface area contributed by atoms with E-state index in [-0.39, 0.29) is 0 Å². The van der Waals surface area contributed by atoms with E-state index in [4.69, 9.17) is 5.84 Å². The van der Waals surface area contributed by atoms with Gasteiger partial charge in [-0.05, 0) is 11.8 Å². The van der Waals surface area contributed by atoms with Crippen molar-refractivity contribution >= 4 is 39.7 Å². The molecular weight excluding hydrogens is 296 g/mol. The fraction of sp³-hybridized carbons (Fsp3) is 0.200. The Labute approximate surface area is 123 Å². The predicted molar refractivity (Wildman–Crippen MR) is 79.2 cm³/mol. The van der Waals surface area contributed by atoms with Crippen molar-refractivity contribution in [2.45, 2.75) is 9.37 Å². The number of nitrogen functional groups attached to an aromatic ring is 1.